The Labute approximate surface area is 290 Å². The molecule has 3 nitrogen and oxygen atoms in total. The summed E-state index contributed by atoms with van der Waals surface area (Å²) in [6.07, 6.45) is 7.78. The average Bonchev–Trinajstić information content (AvgIpc) is 3.03. The van der Waals surface area contributed by atoms with E-state index in [9.17, 15) is 9.90 Å². The Morgan fingerprint density at radius 1 is 0.804 bits per heavy atom. The first kappa shape index (κ1) is 37.4. The number of aryl methyl sites for hydroxylation is 1. The van der Waals surface area contributed by atoms with Crippen molar-refractivity contribution in [3.8, 4) is 0 Å². The van der Waals surface area contributed by atoms with Gasteiger partial charge in [-0.3, -0.25) is 4.79 Å². The fourth-order valence-corrected chi connectivity index (χ4v) is 6.16. The molecule has 1 aromatic heterocycles. The Balaban J connectivity index is 0.000000280. The van der Waals surface area contributed by atoms with Crippen molar-refractivity contribution in [1.82, 2.24) is 4.98 Å². The summed E-state index contributed by atoms with van der Waals surface area (Å²) in [7, 11) is 0. The largest absolute Gasteiger partial charge is 0.512 e. The number of aromatic nitrogens is 1. The number of ketones is 1. The first-order chi connectivity index (χ1) is 21.2. The Hall–Kier alpha value is -3.07. The molecule has 1 radical (unpaired) electrons. The van der Waals surface area contributed by atoms with Crippen LogP contribution >= 0.6 is 0 Å². The number of aliphatic hydroxyl groups is 1. The SMILES string of the molecule is CCC(C)(CC)C(=O)/C=C(\O)C(C)(CC)CC.Cc1[c-]c2c(cc(CC(C)(C)C)c3c4ccccc4cnc23)c2ccccc12.[Ir]. The predicted octanol–water partition coefficient (Wildman–Crippen LogP) is 12.0. The number of allylic oxidation sites excluding steroid dienone is 2. The van der Waals surface area contributed by atoms with Gasteiger partial charge in [-0.1, -0.05) is 146 Å². The van der Waals surface area contributed by atoms with E-state index in [1.807, 2.05) is 47.7 Å². The Kier molecular flexibility index (Phi) is 12.0. The number of carbonyl (C=O) groups is 1. The number of hydrogen-bond acceptors (Lipinski definition) is 3. The van der Waals surface area contributed by atoms with Gasteiger partial charge in [-0.2, -0.15) is 0 Å². The molecule has 1 heterocycles. The first-order valence-electron chi connectivity index (χ1n) is 16.7. The van der Waals surface area contributed by atoms with Crippen LogP contribution in [0, 0.1) is 29.2 Å². The molecule has 0 aliphatic heterocycles. The van der Waals surface area contributed by atoms with Crippen LogP contribution in [0.15, 0.2) is 72.6 Å². The number of aliphatic hydroxyl groups excluding tert-OH is 1. The molecule has 46 heavy (non-hydrogen) atoms. The zero-order valence-electron chi connectivity index (χ0n) is 29.5. The second-order valence-electron chi connectivity index (χ2n) is 14.5. The molecule has 0 aliphatic rings. The third kappa shape index (κ3) is 7.56. The van der Waals surface area contributed by atoms with Gasteiger partial charge in [-0.05, 0) is 59.2 Å². The quantitative estimate of drug-likeness (QED) is 0.0737. The third-order valence-electron chi connectivity index (χ3n) is 10.2. The average molecular weight is 795 g/mol. The molecule has 0 unspecified atom stereocenters. The van der Waals surface area contributed by atoms with E-state index in [1.165, 1.54) is 49.5 Å². The molecule has 1 N–H and O–H groups in total. The van der Waals surface area contributed by atoms with Gasteiger partial charge in [-0.15, -0.1) is 17.0 Å². The first-order valence-corrected chi connectivity index (χ1v) is 16.7. The zero-order chi connectivity index (χ0) is 33.2. The number of hydrogen-bond donors (Lipinski definition) is 1. The molecule has 247 valence electrons. The molecule has 0 fully saturated rings. The van der Waals surface area contributed by atoms with E-state index in [0.29, 0.717) is 0 Å². The van der Waals surface area contributed by atoms with Crippen molar-refractivity contribution in [2.75, 3.05) is 0 Å². The van der Waals surface area contributed by atoms with Crippen LogP contribution in [-0.4, -0.2) is 15.9 Å². The number of nitrogens with zero attached hydrogens (tertiary/aromatic N) is 1. The summed E-state index contributed by atoms with van der Waals surface area (Å²) in [5.41, 5.74) is 3.23. The van der Waals surface area contributed by atoms with Gasteiger partial charge in [0.2, 0.25) is 0 Å². The molecule has 4 aromatic carbocycles. The molecular formula is C42H52IrNO2-. The van der Waals surface area contributed by atoms with E-state index in [4.69, 9.17) is 4.98 Å². The Morgan fingerprint density at radius 3 is 1.91 bits per heavy atom. The van der Waals surface area contributed by atoms with Crippen molar-refractivity contribution in [2.45, 2.75) is 101 Å². The van der Waals surface area contributed by atoms with Crippen molar-refractivity contribution in [1.29, 1.82) is 0 Å². The van der Waals surface area contributed by atoms with Crippen LogP contribution in [0.4, 0.5) is 0 Å². The van der Waals surface area contributed by atoms with Crippen LogP contribution in [-0.2, 0) is 31.3 Å². The molecule has 0 saturated heterocycles. The second-order valence-corrected chi connectivity index (χ2v) is 14.5. The van der Waals surface area contributed by atoms with E-state index in [2.05, 4.69) is 88.4 Å². The van der Waals surface area contributed by atoms with Crippen LogP contribution in [0.5, 0.6) is 0 Å². The molecule has 0 bridgehead atoms. The van der Waals surface area contributed by atoms with Gasteiger partial charge in [0.05, 0.1) is 0 Å². The minimum atomic E-state index is -0.337. The molecule has 0 saturated carbocycles. The molecule has 0 atom stereocenters. The van der Waals surface area contributed by atoms with E-state index in [0.717, 1.165) is 43.0 Å². The third-order valence-corrected chi connectivity index (χ3v) is 10.2. The summed E-state index contributed by atoms with van der Waals surface area (Å²) in [5, 5.41) is 18.9. The number of pyridine rings is 1. The Morgan fingerprint density at radius 2 is 1.35 bits per heavy atom. The smallest absolute Gasteiger partial charge is 0.164 e. The van der Waals surface area contributed by atoms with Gasteiger partial charge >= 0.3 is 0 Å². The molecule has 0 aliphatic carbocycles. The number of carbonyl (C=O) groups excluding carboxylic acids is 1. The van der Waals surface area contributed by atoms with Gasteiger partial charge in [0.1, 0.15) is 5.76 Å². The van der Waals surface area contributed by atoms with Gasteiger partial charge in [0.25, 0.3) is 0 Å². The minimum absolute atomic E-state index is 0. The van der Waals surface area contributed by atoms with Crippen molar-refractivity contribution >= 4 is 49.0 Å². The van der Waals surface area contributed by atoms with Crippen molar-refractivity contribution < 1.29 is 30.0 Å². The van der Waals surface area contributed by atoms with E-state index in [-0.39, 0.29) is 47.9 Å². The summed E-state index contributed by atoms with van der Waals surface area (Å²) in [6.45, 7) is 21.2. The standard InChI is InChI=1S/C27H24N.C15H28O2.Ir/c1-17-13-24-23(22-12-8-7-10-20(17)22)14-19(15-27(2,3)4)25-21-11-6-5-9-18(21)16-28-26(24)25;1-7-14(5,8-2)12(16)11-13(17)15(6,9-3)10-4;/h5-12,14,16H,15H2,1-4H3;11,16H,7-10H2,1-6H3;/q-1;;/b;12-11-;. The maximum atomic E-state index is 12.2. The van der Waals surface area contributed by atoms with Gasteiger partial charge in [0.15, 0.2) is 5.78 Å². The molecule has 0 spiro atoms. The zero-order valence-corrected chi connectivity index (χ0v) is 31.9. The summed E-state index contributed by atoms with van der Waals surface area (Å²) < 4.78 is 0. The number of fused-ring (bicyclic) bond motifs is 7. The molecule has 5 rings (SSSR count). The predicted molar refractivity (Wildman–Crippen MR) is 194 cm³/mol. The van der Waals surface area contributed by atoms with Crippen molar-refractivity contribution in [3.63, 3.8) is 0 Å². The van der Waals surface area contributed by atoms with Crippen LogP contribution in [0.3, 0.4) is 0 Å². The van der Waals surface area contributed by atoms with Crippen LogP contribution < -0.4 is 0 Å². The van der Waals surface area contributed by atoms with Crippen LogP contribution in [0.1, 0.15) is 99.1 Å². The summed E-state index contributed by atoms with van der Waals surface area (Å²) in [5.74, 6) is 0.286. The molecule has 0 amide bonds. The van der Waals surface area contributed by atoms with E-state index < -0.39 is 0 Å². The van der Waals surface area contributed by atoms with Gasteiger partial charge in [-0.25, -0.2) is 0 Å². The normalized spacial score (nSPS) is 12.7. The second kappa shape index (κ2) is 14.8. The summed E-state index contributed by atoms with van der Waals surface area (Å²) >= 11 is 0. The molecule has 4 heteroatoms. The number of rotatable bonds is 8. The van der Waals surface area contributed by atoms with Crippen LogP contribution in [0.2, 0.25) is 0 Å². The summed E-state index contributed by atoms with van der Waals surface area (Å²) in [6, 6.07) is 23.3. The maximum Gasteiger partial charge on any atom is 0.164 e. The molecular weight excluding hydrogens is 743 g/mol. The van der Waals surface area contributed by atoms with Crippen LogP contribution in [0.25, 0.3) is 43.2 Å². The Bertz CT molecular complexity index is 1870. The van der Waals surface area contributed by atoms with Crippen molar-refractivity contribution in [3.05, 3.63) is 89.8 Å². The number of benzene rings is 4. The van der Waals surface area contributed by atoms with Crippen molar-refractivity contribution in [2.24, 2.45) is 16.2 Å². The fourth-order valence-electron chi connectivity index (χ4n) is 6.16. The van der Waals surface area contributed by atoms with E-state index in [1.54, 1.807) is 0 Å². The topological polar surface area (TPSA) is 50.2 Å². The minimum Gasteiger partial charge on any atom is -0.512 e. The summed E-state index contributed by atoms with van der Waals surface area (Å²) in [4.78, 5) is 17.1. The van der Waals surface area contributed by atoms with E-state index >= 15 is 0 Å². The maximum absolute atomic E-state index is 12.2. The monoisotopic (exact) mass is 795 g/mol. The van der Waals surface area contributed by atoms with Gasteiger partial charge < -0.3 is 10.1 Å². The molecule has 5 aromatic rings. The van der Waals surface area contributed by atoms with Gasteiger partial charge in [0, 0.05) is 43.2 Å². The fraction of sp³-hybridized carbons (Fsp3) is 0.429.